The molecule has 5 fully saturated rings. The highest BCUT2D eigenvalue weighted by Crippen LogP contribution is 2.59. The molecule has 4 saturated carbocycles. The number of amides is 3. The summed E-state index contributed by atoms with van der Waals surface area (Å²) in [6.45, 7) is 0. The van der Waals surface area contributed by atoms with Crippen LogP contribution in [0.2, 0.25) is 0 Å². The van der Waals surface area contributed by atoms with Crippen molar-refractivity contribution in [3.8, 4) is 0 Å². The number of hydrazine groups is 1. The van der Waals surface area contributed by atoms with Crippen molar-refractivity contribution in [1.82, 2.24) is 15.3 Å². The third-order valence-electron chi connectivity index (χ3n) is 6.95. The highest BCUT2D eigenvalue weighted by atomic mass is 35.5. The zero-order valence-corrected chi connectivity index (χ0v) is 16.5. The van der Waals surface area contributed by atoms with Crippen LogP contribution in [0.25, 0.3) is 0 Å². The Balaban J connectivity index is 1.50. The molecule has 6 rings (SSSR count). The Morgan fingerprint density at radius 2 is 1.59 bits per heavy atom. The first-order valence-corrected chi connectivity index (χ1v) is 10.6. The summed E-state index contributed by atoms with van der Waals surface area (Å²) in [7, 11) is 0. The Kier molecular flexibility index (Phi) is 4.10. The number of nitrogens with one attached hydrogen (secondary N) is 1. The van der Waals surface area contributed by atoms with Crippen molar-refractivity contribution in [3.63, 3.8) is 0 Å². The number of urea groups is 1. The topological polar surface area (TPSA) is 52.7 Å². The Labute approximate surface area is 168 Å². The number of nitrogens with zero attached hydrogens (tertiary/aromatic N) is 2. The van der Waals surface area contributed by atoms with Gasteiger partial charge >= 0.3 is 6.03 Å². The van der Waals surface area contributed by atoms with Crippen LogP contribution in [0.4, 0.5) is 4.79 Å². The van der Waals surface area contributed by atoms with Crippen molar-refractivity contribution in [1.29, 1.82) is 0 Å². The number of alkyl halides is 2. The second-order valence-electron chi connectivity index (χ2n) is 8.72. The predicted molar refractivity (Wildman–Crippen MR) is 103 cm³/mol. The molecular formula is C20H23Cl2N3O2. The molecule has 1 heterocycles. The molecule has 4 bridgehead atoms. The highest BCUT2D eigenvalue weighted by Gasteiger charge is 2.60. The summed E-state index contributed by atoms with van der Waals surface area (Å²) in [5, 5.41) is 1.33. The van der Waals surface area contributed by atoms with Gasteiger partial charge in [-0.1, -0.05) is 18.2 Å². The minimum absolute atomic E-state index is 0.225. The van der Waals surface area contributed by atoms with E-state index in [0.717, 1.165) is 19.3 Å². The van der Waals surface area contributed by atoms with Gasteiger partial charge in [-0.25, -0.2) is 15.2 Å². The van der Waals surface area contributed by atoms with Gasteiger partial charge in [0, 0.05) is 11.1 Å². The van der Waals surface area contributed by atoms with Crippen molar-refractivity contribution in [3.05, 3.63) is 35.9 Å². The fourth-order valence-electron chi connectivity index (χ4n) is 6.43. The molecule has 0 radical (unpaired) electrons. The number of hydrogen-bond acceptors (Lipinski definition) is 2. The van der Waals surface area contributed by atoms with Crippen LogP contribution in [0.3, 0.4) is 0 Å². The van der Waals surface area contributed by atoms with Gasteiger partial charge in [-0.2, -0.15) is 0 Å². The molecule has 7 heteroatoms. The standard InChI is InChI=1S/C20H23Cl2N3O2/c21-16(22)17-24(20-9-12-6-13(10-20)8-14(7-12)11-20)19(27)23-25(17)18(26)15-4-2-1-3-5-15/h1-5,12-14,16-17H,6-11H2,(H,23,27)/t12?,13?,14?,17-,20?/m1/s1. The summed E-state index contributed by atoms with van der Waals surface area (Å²) in [6, 6.07) is 8.67. The van der Waals surface area contributed by atoms with E-state index >= 15 is 0 Å². The van der Waals surface area contributed by atoms with Gasteiger partial charge < -0.3 is 0 Å². The van der Waals surface area contributed by atoms with E-state index in [2.05, 4.69) is 5.43 Å². The number of rotatable bonds is 3. The number of carbonyl (C=O) groups excluding carboxylic acids is 2. The van der Waals surface area contributed by atoms with E-state index in [4.69, 9.17) is 23.2 Å². The predicted octanol–water partition coefficient (Wildman–Crippen LogP) is 4.17. The van der Waals surface area contributed by atoms with E-state index in [0.29, 0.717) is 23.3 Å². The Bertz CT molecular complexity index is 734. The zero-order valence-electron chi connectivity index (χ0n) is 15.0. The summed E-state index contributed by atoms with van der Waals surface area (Å²) in [4.78, 5) is 27.0. The normalized spacial score (nSPS) is 37.2. The molecule has 5 nitrogen and oxygen atoms in total. The van der Waals surface area contributed by atoms with Crippen LogP contribution in [0.5, 0.6) is 0 Å². The maximum atomic E-state index is 13.1. The Morgan fingerprint density at radius 1 is 1.04 bits per heavy atom. The van der Waals surface area contributed by atoms with Gasteiger partial charge in [-0.3, -0.25) is 9.69 Å². The molecule has 4 aliphatic carbocycles. The second-order valence-corrected chi connectivity index (χ2v) is 9.88. The molecule has 1 aliphatic heterocycles. The summed E-state index contributed by atoms with van der Waals surface area (Å²) in [5.74, 6) is 1.74. The van der Waals surface area contributed by atoms with Gasteiger partial charge in [-0.15, -0.1) is 23.2 Å². The number of hydrogen-bond donors (Lipinski definition) is 1. The Morgan fingerprint density at radius 3 is 2.11 bits per heavy atom. The van der Waals surface area contributed by atoms with Crippen molar-refractivity contribution < 1.29 is 9.59 Å². The minimum atomic E-state index is -0.885. The molecule has 1 saturated heterocycles. The van der Waals surface area contributed by atoms with Crippen molar-refractivity contribution >= 4 is 35.1 Å². The molecule has 1 atom stereocenters. The maximum Gasteiger partial charge on any atom is 0.338 e. The lowest BCUT2D eigenvalue weighted by molar-refractivity contribution is -0.0847. The molecule has 0 aromatic heterocycles. The minimum Gasteiger partial charge on any atom is -0.293 e. The quantitative estimate of drug-likeness (QED) is 0.764. The van der Waals surface area contributed by atoms with Gasteiger partial charge in [0.1, 0.15) is 4.84 Å². The van der Waals surface area contributed by atoms with Crippen LogP contribution >= 0.6 is 23.2 Å². The summed E-state index contributed by atoms with van der Waals surface area (Å²) < 4.78 is 0. The van der Waals surface area contributed by atoms with Crippen LogP contribution in [0, 0.1) is 17.8 Å². The SMILES string of the molecule is O=C(c1ccccc1)N1NC(=O)N(C23CC4CC(CC(C4)C2)C3)[C@H]1C(Cl)Cl. The van der Waals surface area contributed by atoms with E-state index in [1.165, 1.54) is 24.3 Å². The molecule has 3 amide bonds. The molecule has 1 aromatic carbocycles. The number of benzene rings is 1. The fourth-order valence-corrected chi connectivity index (χ4v) is 6.88. The third kappa shape index (κ3) is 2.73. The fraction of sp³-hybridized carbons (Fsp3) is 0.600. The van der Waals surface area contributed by atoms with Gasteiger partial charge in [0.2, 0.25) is 0 Å². The molecular weight excluding hydrogens is 385 g/mol. The molecule has 1 aromatic rings. The van der Waals surface area contributed by atoms with E-state index in [1.54, 1.807) is 24.3 Å². The zero-order chi connectivity index (χ0) is 18.8. The molecule has 27 heavy (non-hydrogen) atoms. The molecule has 0 unspecified atom stereocenters. The first-order valence-electron chi connectivity index (χ1n) is 9.73. The summed E-state index contributed by atoms with van der Waals surface area (Å²) >= 11 is 12.7. The monoisotopic (exact) mass is 407 g/mol. The van der Waals surface area contributed by atoms with Crippen molar-refractivity contribution in [2.24, 2.45) is 17.8 Å². The van der Waals surface area contributed by atoms with Gasteiger partial charge in [-0.05, 0) is 68.4 Å². The van der Waals surface area contributed by atoms with Crippen molar-refractivity contribution in [2.45, 2.75) is 55.1 Å². The average molecular weight is 408 g/mol. The smallest absolute Gasteiger partial charge is 0.293 e. The van der Waals surface area contributed by atoms with Crippen LogP contribution in [-0.4, -0.2) is 38.4 Å². The Hall–Kier alpha value is -1.46. The van der Waals surface area contributed by atoms with E-state index in [1.807, 2.05) is 11.0 Å². The summed E-state index contributed by atoms with van der Waals surface area (Å²) in [5.41, 5.74) is 3.04. The van der Waals surface area contributed by atoms with E-state index in [-0.39, 0.29) is 17.5 Å². The number of carbonyl (C=O) groups is 2. The number of halogens is 2. The molecule has 5 aliphatic rings. The van der Waals surface area contributed by atoms with Crippen LogP contribution < -0.4 is 5.43 Å². The first-order chi connectivity index (χ1) is 13.0. The van der Waals surface area contributed by atoms with Crippen LogP contribution in [0.15, 0.2) is 30.3 Å². The second kappa shape index (κ2) is 6.28. The van der Waals surface area contributed by atoms with Crippen molar-refractivity contribution in [2.75, 3.05) is 0 Å². The highest BCUT2D eigenvalue weighted by molar-refractivity contribution is 6.45. The van der Waals surface area contributed by atoms with Crippen LogP contribution in [-0.2, 0) is 0 Å². The van der Waals surface area contributed by atoms with Gasteiger partial charge in [0.05, 0.1) is 0 Å². The lowest BCUT2D eigenvalue weighted by atomic mass is 9.52. The van der Waals surface area contributed by atoms with Gasteiger partial charge in [0.15, 0.2) is 6.17 Å². The summed E-state index contributed by atoms with van der Waals surface area (Å²) in [6.07, 6.45) is 6.13. The molecule has 0 spiro atoms. The van der Waals surface area contributed by atoms with E-state index < -0.39 is 11.0 Å². The first kappa shape index (κ1) is 17.6. The van der Waals surface area contributed by atoms with Gasteiger partial charge in [0.25, 0.3) is 5.91 Å². The van der Waals surface area contributed by atoms with E-state index in [9.17, 15) is 9.59 Å². The third-order valence-corrected chi connectivity index (χ3v) is 7.40. The molecule has 144 valence electrons. The maximum absolute atomic E-state index is 13.1. The van der Waals surface area contributed by atoms with Crippen LogP contribution in [0.1, 0.15) is 48.9 Å². The average Bonchev–Trinajstić information content (AvgIpc) is 2.99. The molecule has 1 N–H and O–H groups in total. The lowest BCUT2D eigenvalue weighted by Gasteiger charge is -2.60. The lowest BCUT2D eigenvalue weighted by Crippen LogP contribution is -2.64. The largest absolute Gasteiger partial charge is 0.338 e.